The number of hydrogen-bond acceptors (Lipinski definition) is 3. The van der Waals surface area contributed by atoms with E-state index >= 15 is 0 Å². The molecule has 0 radical (unpaired) electrons. The fourth-order valence-electron chi connectivity index (χ4n) is 7.45. The molecule has 8 rings (SSSR count). The molecule has 0 saturated carbocycles. The van der Waals surface area contributed by atoms with Crippen molar-refractivity contribution < 1.29 is 0 Å². The van der Waals surface area contributed by atoms with Crippen molar-refractivity contribution in [1.82, 2.24) is 19.5 Å². The van der Waals surface area contributed by atoms with Gasteiger partial charge in [0.1, 0.15) is 0 Å². The van der Waals surface area contributed by atoms with E-state index < -0.39 is 0 Å². The molecule has 0 fully saturated rings. The van der Waals surface area contributed by atoms with Crippen molar-refractivity contribution >= 4 is 21.8 Å². The first-order valence-electron chi connectivity index (χ1n) is 15.3. The van der Waals surface area contributed by atoms with Crippen LogP contribution in [0, 0.1) is 0 Å². The van der Waals surface area contributed by atoms with Crippen LogP contribution in [0.2, 0.25) is 0 Å². The molecular weight excluding hydrogens is 536 g/mol. The van der Waals surface area contributed by atoms with E-state index in [4.69, 9.17) is 15.0 Å². The molecule has 0 N–H and O–H groups in total. The van der Waals surface area contributed by atoms with E-state index in [1.54, 1.807) is 0 Å². The second-order valence-electron chi connectivity index (χ2n) is 13.3. The number of nitrogens with zero attached hydrogens (tertiary/aromatic N) is 4. The van der Waals surface area contributed by atoms with Crippen LogP contribution in [0.15, 0.2) is 121 Å². The average molecular weight is 571 g/mol. The third-order valence-corrected chi connectivity index (χ3v) is 9.23. The molecule has 0 aliphatic heterocycles. The van der Waals surface area contributed by atoms with E-state index in [9.17, 15) is 0 Å². The summed E-state index contributed by atoms with van der Waals surface area (Å²) in [5.74, 6) is 2.05. The Labute approximate surface area is 258 Å². The van der Waals surface area contributed by atoms with Crippen molar-refractivity contribution in [3.8, 4) is 39.9 Å². The van der Waals surface area contributed by atoms with Gasteiger partial charge in [-0.15, -0.1) is 0 Å². The highest BCUT2D eigenvalue weighted by Crippen LogP contribution is 2.50. The molecule has 0 bridgehead atoms. The summed E-state index contributed by atoms with van der Waals surface area (Å²) in [7, 11) is 0. The predicted octanol–water partition coefficient (Wildman–Crippen LogP) is 9.93. The van der Waals surface area contributed by atoms with Crippen molar-refractivity contribution in [2.45, 2.75) is 44.9 Å². The van der Waals surface area contributed by atoms with E-state index in [2.05, 4.69) is 135 Å². The molecule has 2 aromatic heterocycles. The maximum absolute atomic E-state index is 5.13. The van der Waals surface area contributed by atoms with Crippen molar-refractivity contribution in [2.75, 3.05) is 0 Å². The summed E-state index contributed by atoms with van der Waals surface area (Å²) >= 11 is 0. The number of benzene rings is 5. The van der Waals surface area contributed by atoms with E-state index in [0.717, 1.165) is 34.3 Å². The summed E-state index contributed by atoms with van der Waals surface area (Å²) < 4.78 is 2.33. The van der Waals surface area contributed by atoms with Gasteiger partial charge in [-0.2, -0.15) is 0 Å². The molecule has 7 aromatic rings. The first-order valence-corrected chi connectivity index (χ1v) is 15.3. The zero-order valence-corrected chi connectivity index (χ0v) is 25.5. The molecule has 4 heteroatoms. The van der Waals surface area contributed by atoms with Gasteiger partial charge in [-0.05, 0) is 70.8 Å². The van der Waals surface area contributed by atoms with E-state index in [-0.39, 0.29) is 10.8 Å². The smallest absolute Gasteiger partial charge is 0.164 e. The first-order chi connectivity index (χ1) is 21.3. The zero-order valence-electron chi connectivity index (χ0n) is 25.5. The largest absolute Gasteiger partial charge is 0.309 e. The predicted molar refractivity (Wildman–Crippen MR) is 181 cm³/mol. The third kappa shape index (κ3) is 4.24. The SMILES string of the molecule is CC1(C)CC(C)(C)c2cc(-c3nc(-c4ccccc4)nc(-c4ccc5c(c4)c4ccccc4n5-c4ccccc4)n3)ccc21. The Kier molecular flexibility index (Phi) is 5.86. The second-order valence-corrected chi connectivity index (χ2v) is 13.3. The van der Waals surface area contributed by atoms with Gasteiger partial charge >= 0.3 is 0 Å². The van der Waals surface area contributed by atoms with Gasteiger partial charge in [0.05, 0.1) is 11.0 Å². The Morgan fingerprint density at radius 3 is 1.75 bits per heavy atom. The number of para-hydroxylation sites is 2. The van der Waals surface area contributed by atoms with Crippen LogP contribution in [-0.2, 0) is 10.8 Å². The Hall–Kier alpha value is -5.09. The maximum atomic E-state index is 5.13. The van der Waals surface area contributed by atoms with Crippen LogP contribution in [0.3, 0.4) is 0 Å². The monoisotopic (exact) mass is 570 g/mol. The van der Waals surface area contributed by atoms with Crippen molar-refractivity contribution in [2.24, 2.45) is 0 Å². The molecule has 4 nitrogen and oxygen atoms in total. The Balaban J connectivity index is 1.33. The highest BCUT2D eigenvalue weighted by Gasteiger charge is 2.41. The highest BCUT2D eigenvalue weighted by molar-refractivity contribution is 6.10. The lowest BCUT2D eigenvalue weighted by Crippen LogP contribution is -2.17. The molecule has 44 heavy (non-hydrogen) atoms. The van der Waals surface area contributed by atoms with Crippen molar-refractivity contribution in [1.29, 1.82) is 0 Å². The van der Waals surface area contributed by atoms with Crippen LogP contribution in [0.25, 0.3) is 61.7 Å². The summed E-state index contributed by atoms with van der Waals surface area (Å²) in [6.07, 6.45) is 1.12. The highest BCUT2D eigenvalue weighted by atomic mass is 15.0. The van der Waals surface area contributed by atoms with Crippen LogP contribution in [0.1, 0.15) is 45.2 Å². The van der Waals surface area contributed by atoms with Crippen LogP contribution in [0.5, 0.6) is 0 Å². The third-order valence-electron chi connectivity index (χ3n) is 9.23. The molecule has 214 valence electrons. The van der Waals surface area contributed by atoms with Crippen LogP contribution < -0.4 is 0 Å². The van der Waals surface area contributed by atoms with Gasteiger partial charge in [0.25, 0.3) is 0 Å². The number of fused-ring (bicyclic) bond motifs is 4. The minimum Gasteiger partial charge on any atom is -0.309 e. The molecular formula is C40H34N4. The molecule has 5 aromatic carbocycles. The Morgan fingerprint density at radius 1 is 0.477 bits per heavy atom. The lowest BCUT2D eigenvalue weighted by molar-refractivity contribution is 0.403. The minimum absolute atomic E-state index is 0.0883. The molecule has 1 aliphatic carbocycles. The molecule has 0 spiro atoms. The Bertz CT molecular complexity index is 2190. The quantitative estimate of drug-likeness (QED) is 0.211. The van der Waals surface area contributed by atoms with Gasteiger partial charge in [-0.3, -0.25) is 0 Å². The van der Waals surface area contributed by atoms with Gasteiger partial charge in [0.2, 0.25) is 0 Å². The van der Waals surface area contributed by atoms with E-state index in [1.807, 2.05) is 18.2 Å². The Morgan fingerprint density at radius 2 is 1.02 bits per heavy atom. The topological polar surface area (TPSA) is 43.6 Å². The molecule has 2 heterocycles. The fourth-order valence-corrected chi connectivity index (χ4v) is 7.45. The van der Waals surface area contributed by atoms with Crippen LogP contribution in [-0.4, -0.2) is 19.5 Å². The van der Waals surface area contributed by atoms with Crippen LogP contribution >= 0.6 is 0 Å². The van der Waals surface area contributed by atoms with Gasteiger partial charge in [0, 0.05) is 33.2 Å². The molecule has 0 unspecified atom stereocenters. The number of rotatable bonds is 4. The van der Waals surface area contributed by atoms with Gasteiger partial charge in [-0.1, -0.05) is 107 Å². The van der Waals surface area contributed by atoms with Crippen molar-refractivity contribution in [3.63, 3.8) is 0 Å². The molecule has 0 amide bonds. The average Bonchev–Trinajstić information content (AvgIpc) is 3.47. The zero-order chi connectivity index (χ0) is 30.1. The fraction of sp³-hybridized carbons (Fsp3) is 0.175. The second kappa shape index (κ2) is 9.72. The maximum Gasteiger partial charge on any atom is 0.164 e. The normalized spacial score (nSPS) is 15.1. The van der Waals surface area contributed by atoms with Crippen molar-refractivity contribution in [3.05, 3.63) is 132 Å². The van der Waals surface area contributed by atoms with E-state index in [0.29, 0.717) is 17.5 Å². The first kappa shape index (κ1) is 26.5. The molecule has 1 aliphatic rings. The summed E-state index contributed by atoms with van der Waals surface area (Å²) in [4.78, 5) is 15.2. The number of hydrogen-bond donors (Lipinski definition) is 0. The summed E-state index contributed by atoms with van der Waals surface area (Å²) in [5.41, 5.74) is 9.48. The summed E-state index contributed by atoms with van der Waals surface area (Å²) in [6, 6.07) is 42.7. The standard InChI is InChI=1S/C40H34N4/c1-39(2)25-40(3,4)33-24-28(19-21-32(33)39)38-42-36(26-13-7-5-8-14-26)41-37(43-38)27-20-22-35-31(23-27)30-17-11-12-18-34(30)44(35)29-15-9-6-10-16-29/h5-24H,25H2,1-4H3. The summed E-state index contributed by atoms with van der Waals surface area (Å²) in [6.45, 7) is 9.39. The lowest BCUT2D eigenvalue weighted by Gasteiger charge is -2.22. The van der Waals surface area contributed by atoms with Gasteiger partial charge in [0.15, 0.2) is 17.5 Å². The molecule has 0 saturated heterocycles. The molecule has 0 atom stereocenters. The van der Waals surface area contributed by atoms with E-state index in [1.165, 1.54) is 27.4 Å². The lowest BCUT2D eigenvalue weighted by atomic mass is 9.82. The summed E-state index contributed by atoms with van der Waals surface area (Å²) in [5, 5.41) is 2.38. The van der Waals surface area contributed by atoms with Gasteiger partial charge < -0.3 is 4.57 Å². The van der Waals surface area contributed by atoms with Gasteiger partial charge in [-0.25, -0.2) is 15.0 Å². The number of aromatic nitrogens is 4. The van der Waals surface area contributed by atoms with Crippen LogP contribution in [0.4, 0.5) is 0 Å². The minimum atomic E-state index is 0.0883.